The number of benzene rings is 6. The topological polar surface area (TPSA) is 6.48 Å². The number of hydrogen-bond donors (Lipinski definition) is 0. The fraction of sp³-hybridized carbons (Fsp3) is 0.292. The Morgan fingerprint density at radius 1 is 0.360 bits per heavy atom. The number of nitrogens with zero attached hydrogens (tertiary/aromatic N) is 2. The van der Waals surface area contributed by atoms with E-state index in [0.717, 1.165) is 25.7 Å². The van der Waals surface area contributed by atoms with Gasteiger partial charge in [0.15, 0.2) is 0 Å². The Morgan fingerprint density at radius 3 is 1.02 bits per heavy atom. The molecule has 0 fully saturated rings. The first kappa shape index (κ1) is 35.0. The number of hydrogen-bond acceptors (Lipinski definition) is 2. The summed E-state index contributed by atoms with van der Waals surface area (Å²) in [6.45, 7) is 22.5. The molecule has 0 heterocycles. The SMILES string of the molecule is CCc1ccc(N(c2cc(C)c(C)c(C)c2)c2cccc3c(N(c4cc(C)c(C)c(C)c4)c4ccc(CC)c(CC)c4)cccc23)cc1CC. The quantitative estimate of drug-likeness (QED) is 0.144. The molecule has 50 heavy (non-hydrogen) atoms. The molecule has 2 nitrogen and oxygen atoms in total. The average molecular weight is 659 g/mol. The lowest BCUT2D eigenvalue weighted by Crippen LogP contribution is -2.14. The van der Waals surface area contributed by atoms with Crippen molar-refractivity contribution in [3.63, 3.8) is 0 Å². The van der Waals surface area contributed by atoms with Crippen LogP contribution in [0.3, 0.4) is 0 Å². The molecule has 0 bridgehead atoms. The second-order valence-corrected chi connectivity index (χ2v) is 14.0. The first-order chi connectivity index (χ1) is 24.1. The molecule has 0 aliphatic heterocycles. The van der Waals surface area contributed by atoms with E-state index >= 15 is 0 Å². The predicted octanol–water partition coefficient (Wildman–Crippen LogP) is 13.9. The molecule has 6 aromatic rings. The van der Waals surface area contributed by atoms with E-state index in [2.05, 4.69) is 176 Å². The third kappa shape index (κ3) is 6.44. The van der Waals surface area contributed by atoms with Crippen molar-refractivity contribution < 1.29 is 0 Å². The van der Waals surface area contributed by atoms with Crippen LogP contribution in [0, 0.1) is 41.5 Å². The molecular formula is C48H54N2. The zero-order valence-corrected chi connectivity index (χ0v) is 32.0. The largest absolute Gasteiger partial charge is 0.310 e. The summed E-state index contributed by atoms with van der Waals surface area (Å²) in [6.07, 6.45) is 4.10. The standard InChI is InChI=1S/C48H54N2/c1-11-37-21-23-41(29-39(37)13-3)49(43-25-31(5)35(9)32(6)26-43)47-19-15-18-46-45(47)17-16-20-48(46)50(44-27-33(7)36(10)34(8)28-44)42-24-22-38(12-2)40(14-4)30-42/h15-30H,11-14H2,1-10H3. The molecule has 0 unspecified atom stereocenters. The first-order valence-electron chi connectivity index (χ1n) is 18.6. The number of anilines is 6. The minimum atomic E-state index is 1.01. The molecule has 2 heteroatoms. The predicted molar refractivity (Wildman–Crippen MR) is 219 cm³/mol. The molecule has 0 saturated carbocycles. The molecule has 6 rings (SSSR count). The van der Waals surface area contributed by atoms with Crippen molar-refractivity contribution in [3.8, 4) is 0 Å². The van der Waals surface area contributed by atoms with Crippen molar-refractivity contribution in [1.29, 1.82) is 0 Å². The Bertz CT molecular complexity index is 1980. The van der Waals surface area contributed by atoms with Gasteiger partial charge in [-0.25, -0.2) is 0 Å². The second kappa shape index (κ2) is 14.6. The molecule has 0 amide bonds. The smallest absolute Gasteiger partial charge is 0.0540 e. The summed E-state index contributed by atoms with van der Waals surface area (Å²) in [5, 5.41) is 2.45. The summed E-state index contributed by atoms with van der Waals surface area (Å²) in [5.41, 5.74) is 20.8. The van der Waals surface area contributed by atoms with Crippen LogP contribution in [0.15, 0.2) is 97.1 Å². The Labute approximate surface area is 301 Å². The second-order valence-electron chi connectivity index (χ2n) is 14.0. The zero-order valence-electron chi connectivity index (χ0n) is 32.0. The molecule has 0 N–H and O–H groups in total. The molecule has 0 aliphatic carbocycles. The maximum Gasteiger partial charge on any atom is 0.0540 e. The third-order valence-corrected chi connectivity index (χ3v) is 11.1. The number of fused-ring (bicyclic) bond motifs is 1. The van der Waals surface area contributed by atoms with Crippen LogP contribution in [-0.4, -0.2) is 0 Å². The molecular weight excluding hydrogens is 605 g/mol. The highest BCUT2D eigenvalue weighted by Gasteiger charge is 2.22. The molecule has 0 saturated heterocycles. The molecule has 0 spiro atoms. The van der Waals surface area contributed by atoms with Gasteiger partial charge in [0.25, 0.3) is 0 Å². The van der Waals surface area contributed by atoms with Gasteiger partial charge >= 0.3 is 0 Å². The fourth-order valence-corrected chi connectivity index (χ4v) is 7.66. The lowest BCUT2D eigenvalue weighted by Gasteiger charge is -2.31. The van der Waals surface area contributed by atoms with Gasteiger partial charge < -0.3 is 9.80 Å². The van der Waals surface area contributed by atoms with E-state index in [1.165, 1.54) is 101 Å². The van der Waals surface area contributed by atoms with E-state index in [9.17, 15) is 0 Å². The van der Waals surface area contributed by atoms with E-state index in [1.54, 1.807) is 0 Å². The summed E-state index contributed by atoms with van der Waals surface area (Å²) in [4.78, 5) is 4.97. The summed E-state index contributed by atoms with van der Waals surface area (Å²) in [6, 6.07) is 37.2. The highest BCUT2D eigenvalue weighted by Crippen LogP contribution is 2.46. The van der Waals surface area contributed by atoms with Crippen LogP contribution in [0.25, 0.3) is 10.8 Å². The van der Waals surface area contributed by atoms with Gasteiger partial charge in [-0.15, -0.1) is 0 Å². The van der Waals surface area contributed by atoms with Crippen LogP contribution in [-0.2, 0) is 25.7 Å². The van der Waals surface area contributed by atoms with E-state index < -0.39 is 0 Å². The van der Waals surface area contributed by atoms with Gasteiger partial charge in [-0.1, -0.05) is 64.1 Å². The number of rotatable bonds is 10. The van der Waals surface area contributed by atoms with Crippen molar-refractivity contribution in [1.82, 2.24) is 0 Å². The monoisotopic (exact) mass is 658 g/mol. The Hall–Kier alpha value is -4.82. The Balaban J connectivity index is 1.65. The van der Waals surface area contributed by atoms with Crippen LogP contribution in [0.1, 0.15) is 83.3 Å². The van der Waals surface area contributed by atoms with Crippen molar-refractivity contribution in [2.45, 2.75) is 94.9 Å². The van der Waals surface area contributed by atoms with Gasteiger partial charge in [-0.2, -0.15) is 0 Å². The van der Waals surface area contributed by atoms with Gasteiger partial charge in [0.05, 0.1) is 11.4 Å². The molecule has 256 valence electrons. The third-order valence-electron chi connectivity index (χ3n) is 11.1. The lowest BCUT2D eigenvalue weighted by molar-refractivity contribution is 1.03. The minimum Gasteiger partial charge on any atom is -0.310 e. The average Bonchev–Trinajstić information content (AvgIpc) is 3.13. The summed E-state index contributed by atoms with van der Waals surface area (Å²) in [7, 11) is 0. The van der Waals surface area contributed by atoms with E-state index in [0.29, 0.717) is 0 Å². The van der Waals surface area contributed by atoms with Gasteiger partial charge in [-0.3, -0.25) is 0 Å². The molecule has 0 aliphatic rings. The van der Waals surface area contributed by atoms with Gasteiger partial charge in [0.1, 0.15) is 0 Å². The normalized spacial score (nSPS) is 11.3. The highest BCUT2D eigenvalue weighted by molar-refractivity contribution is 6.07. The van der Waals surface area contributed by atoms with Crippen molar-refractivity contribution in [2.24, 2.45) is 0 Å². The number of aryl methyl sites for hydroxylation is 8. The lowest BCUT2D eigenvalue weighted by atomic mass is 9.97. The van der Waals surface area contributed by atoms with Gasteiger partial charge in [0, 0.05) is 33.5 Å². The van der Waals surface area contributed by atoms with E-state index in [-0.39, 0.29) is 0 Å². The van der Waals surface area contributed by atoms with Crippen LogP contribution < -0.4 is 9.80 Å². The zero-order chi connectivity index (χ0) is 35.7. The van der Waals surface area contributed by atoms with E-state index in [1.807, 2.05) is 0 Å². The van der Waals surface area contributed by atoms with Crippen LogP contribution in [0.5, 0.6) is 0 Å². The van der Waals surface area contributed by atoms with Gasteiger partial charge in [-0.05, 0) is 184 Å². The minimum absolute atomic E-state index is 1.01. The molecule has 0 radical (unpaired) electrons. The van der Waals surface area contributed by atoms with Crippen LogP contribution >= 0.6 is 0 Å². The molecule has 0 atom stereocenters. The Kier molecular flexibility index (Phi) is 10.2. The van der Waals surface area contributed by atoms with Gasteiger partial charge in [0.2, 0.25) is 0 Å². The van der Waals surface area contributed by atoms with Crippen molar-refractivity contribution >= 4 is 44.9 Å². The van der Waals surface area contributed by atoms with Crippen molar-refractivity contribution in [2.75, 3.05) is 9.80 Å². The summed E-state index contributed by atoms with van der Waals surface area (Å²) in [5.74, 6) is 0. The van der Waals surface area contributed by atoms with Crippen molar-refractivity contribution in [3.05, 3.63) is 153 Å². The fourth-order valence-electron chi connectivity index (χ4n) is 7.66. The van der Waals surface area contributed by atoms with Crippen LogP contribution in [0.2, 0.25) is 0 Å². The maximum absolute atomic E-state index is 2.49. The summed E-state index contributed by atoms with van der Waals surface area (Å²) < 4.78 is 0. The Morgan fingerprint density at radius 2 is 0.700 bits per heavy atom. The van der Waals surface area contributed by atoms with E-state index in [4.69, 9.17) is 0 Å². The summed E-state index contributed by atoms with van der Waals surface area (Å²) >= 11 is 0. The highest BCUT2D eigenvalue weighted by atomic mass is 15.2. The van der Waals surface area contributed by atoms with Crippen LogP contribution in [0.4, 0.5) is 34.1 Å². The molecule has 0 aromatic heterocycles. The molecule has 6 aromatic carbocycles. The first-order valence-corrected chi connectivity index (χ1v) is 18.6. The maximum atomic E-state index is 2.49.